The van der Waals surface area contributed by atoms with Crippen LogP contribution in [0.2, 0.25) is 0 Å². The van der Waals surface area contributed by atoms with Crippen molar-refractivity contribution in [1.82, 2.24) is 9.97 Å². The predicted molar refractivity (Wildman–Crippen MR) is 124 cm³/mol. The summed E-state index contributed by atoms with van der Waals surface area (Å²) in [5.74, 6) is 0.307. The normalized spacial score (nSPS) is 18.5. The number of carbonyl (C=O) groups excluding carboxylic acids is 1. The molecular weight excluding hydrogens is 406 g/mol. The maximum Gasteiger partial charge on any atom is 0.229 e. The van der Waals surface area contributed by atoms with Gasteiger partial charge in [-0.05, 0) is 44.4 Å². The van der Waals surface area contributed by atoms with Gasteiger partial charge < -0.3 is 25.5 Å². The van der Waals surface area contributed by atoms with Crippen LogP contribution in [0.1, 0.15) is 50.3 Å². The SMILES string of the molecule is CC(=N)C(C(C)=O)c1cc(N2CCOCC2)nc(Nc2ccc(C3(CO)CCC3)cc2)n1. The first kappa shape index (κ1) is 22.4. The summed E-state index contributed by atoms with van der Waals surface area (Å²) >= 11 is 0. The summed E-state index contributed by atoms with van der Waals surface area (Å²) in [6.07, 6.45) is 3.18. The van der Waals surface area contributed by atoms with Crippen LogP contribution in [0.5, 0.6) is 0 Å². The van der Waals surface area contributed by atoms with Gasteiger partial charge in [0.05, 0.1) is 31.4 Å². The lowest BCUT2D eigenvalue weighted by molar-refractivity contribution is -0.117. The number of hydrogen-bond acceptors (Lipinski definition) is 8. The number of nitrogens with zero attached hydrogens (tertiary/aromatic N) is 3. The number of morpholine rings is 1. The summed E-state index contributed by atoms with van der Waals surface area (Å²) in [5.41, 5.74) is 2.66. The monoisotopic (exact) mass is 437 g/mol. The molecule has 1 unspecified atom stereocenters. The lowest BCUT2D eigenvalue weighted by Crippen LogP contribution is -2.37. The minimum Gasteiger partial charge on any atom is -0.395 e. The summed E-state index contributed by atoms with van der Waals surface area (Å²) in [5, 5.41) is 21.2. The van der Waals surface area contributed by atoms with E-state index in [1.807, 2.05) is 30.3 Å². The van der Waals surface area contributed by atoms with Crippen LogP contribution in [-0.4, -0.2) is 59.5 Å². The van der Waals surface area contributed by atoms with E-state index in [-0.39, 0.29) is 23.5 Å². The number of nitrogens with one attached hydrogen (secondary N) is 2. The van der Waals surface area contributed by atoms with Crippen LogP contribution in [0.25, 0.3) is 0 Å². The Morgan fingerprint density at radius 3 is 2.44 bits per heavy atom. The highest BCUT2D eigenvalue weighted by Crippen LogP contribution is 2.43. The molecule has 2 fully saturated rings. The van der Waals surface area contributed by atoms with E-state index in [2.05, 4.69) is 15.2 Å². The van der Waals surface area contributed by atoms with Crippen molar-refractivity contribution in [1.29, 1.82) is 5.41 Å². The summed E-state index contributed by atoms with van der Waals surface area (Å²) in [4.78, 5) is 23.7. The third-order valence-electron chi connectivity index (χ3n) is 6.57. The van der Waals surface area contributed by atoms with E-state index in [1.54, 1.807) is 6.92 Å². The summed E-state index contributed by atoms with van der Waals surface area (Å²) in [6.45, 7) is 5.95. The van der Waals surface area contributed by atoms with Gasteiger partial charge >= 0.3 is 0 Å². The van der Waals surface area contributed by atoms with Crippen molar-refractivity contribution in [2.75, 3.05) is 43.1 Å². The highest BCUT2D eigenvalue weighted by molar-refractivity contribution is 6.06. The number of rotatable bonds is 8. The maximum atomic E-state index is 12.3. The average molecular weight is 438 g/mol. The maximum absolute atomic E-state index is 12.3. The van der Waals surface area contributed by atoms with E-state index < -0.39 is 5.92 Å². The Labute approximate surface area is 188 Å². The van der Waals surface area contributed by atoms with Crippen LogP contribution in [0, 0.1) is 5.41 Å². The molecule has 0 spiro atoms. The highest BCUT2D eigenvalue weighted by atomic mass is 16.5. The second-order valence-corrected chi connectivity index (χ2v) is 8.80. The Morgan fingerprint density at radius 1 is 1.22 bits per heavy atom. The van der Waals surface area contributed by atoms with Gasteiger partial charge in [0.1, 0.15) is 11.6 Å². The van der Waals surface area contributed by atoms with Crippen molar-refractivity contribution in [3.05, 3.63) is 41.6 Å². The number of aliphatic hydroxyl groups excluding tert-OH is 1. The first-order valence-corrected chi connectivity index (χ1v) is 11.2. The first-order valence-electron chi connectivity index (χ1n) is 11.2. The third kappa shape index (κ3) is 4.52. The fourth-order valence-corrected chi connectivity index (χ4v) is 4.52. The molecule has 1 aromatic carbocycles. The van der Waals surface area contributed by atoms with Gasteiger partial charge in [-0.3, -0.25) is 4.79 Å². The van der Waals surface area contributed by atoms with Gasteiger partial charge in [0, 0.05) is 36.0 Å². The van der Waals surface area contributed by atoms with Crippen LogP contribution in [0.3, 0.4) is 0 Å². The van der Waals surface area contributed by atoms with E-state index in [1.165, 1.54) is 6.92 Å². The molecule has 4 rings (SSSR count). The van der Waals surface area contributed by atoms with Crippen LogP contribution >= 0.6 is 0 Å². The number of Topliss-reactive ketones (excluding diaryl/α,β-unsaturated/α-hetero) is 1. The van der Waals surface area contributed by atoms with Gasteiger partial charge in [0.15, 0.2) is 0 Å². The van der Waals surface area contributed by atoms with Gasteiger partial charge in [0.25, 0.3) is 0 Å². The Balaban J connectivity index is 1.64. The van der Waals surface area contributed by atoms with Gasteiger partial charge in [-0.15, -0.1) is 0 Å². The molecule has 2 aromatic rings. The smallest absolute Gasteiger partial charge is 0.229 e. The molecule has 1 atom stereocenters. The van der Waals surface area contributed by atoms with Crippen LogP contribution in [-0.2, 0) is 14.9 Å². The Kier molecular flexibility index (Phi) is 6.53. The molecule has 2 heterocycles. The zero-order chi connectivity index (χ0) is 22.7. The lowest BCUT2D eigenvalue weighted by atomic mass is 9.65. The first-order chi connectivity index (χ1) is 15.4. The molecule has 1 aliphatic carbocycles. The van der Waals surface area contributed by atoms with E-state index in [0.717, 1.165) is 36.3 Å². The predicted octanol–water partition coefficient (Wildman–Crippen LogP) is 3.18. The topological polar surface area (TPSA) is 111 Å². The van der Waals surface area contributed by atoms with E-state index in [0.29, 0.717) is 37.9 Å². The standard InChI is InChI=1S/C24H31N5O3/c1-16(25)22(17(2)31)20-14-21(29-10-12-32-13-11-29)28-23(27-20)26-19-6-4-18(5-7-19)24(15-30)8-3-9-24/h4-7,14,22,25,30H,3,8-13,15H2,1-2H3,(H,26,27,28). The van der Waals surface area contributed by atoms with E-state index in [4.69, 9.17) is 15.1 Å². The number of aromatic nitrogens is 2. The van der Waals surface area contributed by atoms with Crippen molar-refractivity contribution < 1.29 is 14.6 Å². The number of ether oxygens (including phenoxy) is 1. The fourth-order valence-electron chi connectivity index (χ4n) is 4.52. The molecular formula is C24H31N5O3. The summed E-state index contributed by atoms with van der Waals surface area (Å²) in [6, 6.07) is 9.85. The molecule has 1 saturated heterocycles. The van der Waals surface area contributed by atoms with Crippen molar-refractivity contribution in [2.24, 2.45) is 0 Å². The number of benzene rings is 1. The molecule has 0 radical (unpaired) electrons. The van der Waals surface area contributed by atoms with Gasteiger partial charge in [0.2, 0.25) is 5.95 Å². The highest BCUT2D eigenvalue weighted by Gasteiger charge is 2.37. The van der Waals surface area contributed by atoms with Crippen molar-refractivity contribution in [2.45, 2.75) is 44.4 Å². The molecule has 0 bridgehead atoms. The van der Waals surface area contributed by atoms with Crippen LogP contribution in [0.15, 0.2) is 30.3 Å². The van der Waals surface area contributed by atoms with Crippen LogP contribution < -0.4 is 10.2 Å². The molecule has 170 valence electrons. The Hall–Kier alpha value is -2.84. The molecule has 0 amide bonds. The number of hydrogen-bond donors (Lipinski definition) is 3. The second kappa shape index (κ2) is 9.34. The molecule has 32 heavy (non-hydrogen) atoms. The van der Waals surface area contributed by atoms with Crippen LogP contribution in [0.4, 0.5) is 17.5 Å². The van der Waals surface area contributed by atoms with Crippen molar-refractivity contribution >= 4 is 28.9 Å². The number of aliphatic hydroxyl groups is 1. The quantitative estimate of drug-likeness (QED) is 0.544. The summed E-state index contributed by atoms with van der Waals surface area (Å²) in [7, 11) is 0. The third-order valence-corrected chi connectivity index (χ3v) is 6.57. The van der Waals surface area contributed by atoms with E-state index in [9.17, 15) is 9.90 Å². The minimum atomic E-state index is -0.691. The lowest BCUT2D eigenvalue weighted by Gasteiger charge is -2.40. The fraction of sp³-hybridized carbons (Fsp3) is 0.500. The number of ketones is 1. The largest absolute Gasteiger partial charge is 0.395 e. The molecule has 1 saturated carbocycles. The van der Waals surface area contributed by atoms with Gasteiger partial charge in [-0.1, -0.05) is 18.6 Å². The molecule has 8 nitrogen and oxygen atoms in total. The summed E-state index contributed by atoms with van der Waals surface area (Å²) < 4.78 is 5.46. The van der Waals surface area contributed by atoms with Gasteiger partial charge in [-0.2, -0.15) is 4.98 Å². The Morgan fingerprint density at radius 2 is 1.91 bits per heavy atom. The van der Waals surface area contributed by atoms with E-state index >= 15 is 0 Å². The molecule has 2 aliphatic rings. The zero-order valence-electron chi connectivity index (χ0n) is 18.7. The second-order valence-electron chi connectivity index (χ2n) is 8.80. The Bertz CT molecular complexity index is 962. The van der Waals surface area contributed by atoms with Crippen molar-refractivity contribution in [3.63, 3.8) is 0 Å². The number of anilines is 3. The molecule has 8 heteroatoms. The molecule has 1 aliphatic heterocycles. The van der Waals surface area contributed by atoms with Gasteiger partial charge in [-0.25, -0.2) is 4.98 Å². The minimum absolute atomic E-state index is 0.103. The molecule has 3 N–H and O–H groups in total. The van der Waals surface area contributed by atoms with Crippen molar-refractivity contribution in [3.8, 4) is 0 Å². The number of carbonyl (C=O) groups is 1. The molecule has 1 aromatic heterocycles. The average Bonchev–Trinajstić information content (AvgIpc) is 2.74. The zero-order valence-corrected chi connectivity index (χ0v) is 18.7.